The largest absolute Gasteiger partial charge is 0.508 e. The van der Waals surface area contributed by atoms with Gasteiger partial charge in [0.05, 0.1) is 6.10 Å². The van der Waals surface area contributed by atoms with Gasteiger partial charge in [0, 0.05) is 5.92 Å². The highest BCUT2D eigenvalue weighted by atomic mass is 16.3. The van der Waals surface area contributed by atoms with Crippen molar-refractivity contribution >= 4 is 0 Å². The van der Waals surface area contributed by atoms with E-state index in [-0.39, 0.29) is 11.7 Å². The second kappa shape index (κ2) is 6.46. The molecule has 0 amide bonds. The molecule has 0 saturated heterocycles. The Balaban J connectivity index is 2.05. The zero-order chi connectivity index (χ0) is 15.4. The molecule has 2 nitrogen and oxygen atoms in total. The van der Waals surface area contributed by atoms with Crippen LogP contribution in [0.4, 0.5) is 0 Å². The summed E-state index contributed by atoms with van der Waals surface area (Å²) in [5, 5.41) is 20.4. The van der Waals surface area contributed by atoms with Crippen molar-refractivity contribution in [2.75, 3.05) is 0 Å². The molecule has 2 unspecified atom stereocenters. The Kier molecular flexibility index (Phi) is 4.22. The van der Waals surface area contributed by atoms with Gasteiger partial charge >= 0.3 is 0 Å². The van der Waals surface area contributed by atoms with Gasteiger partial charge in [-0.1, -0.05) is 72.8 Å². The maximum atomic E-state index is 10.9. The third-order valence-corrected chi connectivity index (χ3v) is 3.87. The standard InChI is InChI=1S/C20H18O2/c21-18-13-11-16(12-14-18)19(15-7-3-1-4-8-15)20(22)17-9-5-2-6-10-17/h1-14,19-22H. The van der Waals surface area contributed by atoms with E-state index >= 15 is 0 Å². The van der Waals surface area contributed by atoms with Gasteiger partial charge in [0.15, 0.2) is 0 Å². The number of phenolic OH excluding ortho intramolecular Hbond substituents is 1. The molecule has 0 aliphatic rings. The molecular weight excluding hydrogens is 272 g/mol. The van der Waals surface area contributed by atoms with Crippen molar-refractivity contribution in [1.82, 2.24) is 0 Å². The molecule has 0 radical (unpaired) electrons. The van der Waals surface area contributed by atoms with E-state index in [4.69, 9.17) is 0 Å². The highest BCUT2D eigenvalue weighted by Gasteiger charge is 2.24. The Hall–Kier alpha value is -2.58. The summed E-state index contributed by atoms with van der Waals surface area (Å²) in [6, 6.07) is 26.6. The molecule has 0 bridgehead atoms. The van der Waals surface area contributed by atoms with E-state index in [1.54, 1.807) is 12.1 Å². The van der Waals surface area contributed by atoms with Gasteiger partial charge in [-0.3, -0.25) is 0 Å². The van der Waals surface area contributed by atoms with Gasteiger partial charge in [-0.15, -0.1) is 0 Å². The lowest BCUT2D eigenvalue weighted by atomic mass is 9.83. The second-order valence-corrected chi connectivity index (χ2v) is 5.34. The van der Waals surface area contributed by atoms with Crippen LogP contribution in [0.1, 0.15) is 28.7 Å². The first-order valence-corrected chi connectivity index (χ1v) is 7.32. The molecule has 3 rings (SSSR count). The quantitative estimate of drug-likeness (QED) is 0.754. The first-order chi connectivity index (χ1) is 10.8. The maximum absolute atomic E-state index is 10.9. The molecule has 110 valence electrons. The van der Waals surface area contributed by atoms with Crippen molar-refractivity contribution in [3.8, 4) is 5.75 Å². The van der Waals surface area contributed by atoms with Gasteiger partial charge in [0.25, 0.3) is 0 Å². The fourth-order valence-corrected chi connectivity index (χ4v) is 2.74. The SMILES string of the molecule is Oc1ccc(C(c2ccccc2)C(O)c2ccccc2)cc1. The molecule has 2 atom stereocenters. The first kappa shape index (κ1) is 14.4. The van der Waals surface area contributed by atoms with Crippen molar-refractivity contribution in [3.05, 3.63) is 102 Å². The highest BCUT2D eigenvalue weighted by molar-refractivity contribution is 5.39. The Morgan fingerprint density at radius 2 is 1.00 bits per heavy atom. The molecule has 3 aromatic carbocycles. The summed E-state index contributed by atoms with van der Waals surface area (Å²) in [4.78, 5) is 0. The molecule has 0 fully saturated rings. The third-order valence-electron chi connectivity index (χ3n) is 3.87. The molecule has 0 aromatic heterocycles. The van der Waals surface area contributed by atoms with E-state index in [1.807, 2.05) is 72.8 Å². The Morgan fingerprint density at radius 1 is 0.545 bits per heavy atom. The lowest BCUT2D eigenvalue weighted by Crippen LogP contribution is -2.12. The van der Waals surface area contributed by atoms with Gasteiger partial charge in [0.1, 0.15) is 5.75 Å². The highest BCUT2D eigenvalue weighted by Crippen LogP contribution is 2.37. The Morgan fingerprint density at radius 3 is 1.55 bits per heavy atom. The normalized spacial score (nSPS) is 13.5. The number of hydrogen-bond donors (Lipinski definition) is 2. The summed E-state index contributed by atoms with van der Waals surface area (Å²) in [6.45, 7) is 0. The summed E-state index contributed by atoms with van der Waals surface area (Å²) >= 11 is 0. The van der Waals surface area contributed by atoms with Crippen molar-refractivity contribution in [3.63, 3.8) is 0 Å². The molecular formula is C20H18O2. The fraction of sp³-hybridized carbons (Fsp3) is 0.100. The Labute approximate surface area is 130 Å². The smallest absolute Gasteiger partial charge is 0.115 e. The van der Waals surface area contributed by atoms with E-state index in [0.717, 1.165) is 16.7 Å². The van der Waals surface area contributed by atoms with Gasteiger partial charge in [-0.05, 0) is 28.8 Å². The molecule has 3 aromatic rings. The Bertz CT molecular complexity index is 706. The van der Waals surface area contributed by atoms with Crippen LogP contribution in [0, 0.1) is 0 Å². The molecule has 0 aliphatic carbocycles. The number of aliphatic hydroxyl groups is 1. The molecule has 22 heavy (non-hydrogen) atoms. The summed E-state index contributed by atoms with van der Waals surface area (Å²) in [6.07, 6.45) is -0.645. The number of rotatable bonds is 4. The van der Waals surface area contributed by atoms with Gasteiger partial charge < -0.3 is 10.2 Å². The van der Waals surface area contributed by atoms with Crippen LogP contribution in [0.3, 0.4) is 0 Å². The molecule has 2 heteroatoms. The van der Waals surface area contributed by atoms with Crippen LogP contribution in [-0.2, 0) is 0 Å². The molecule has 0 saturated carbocycles. The molecule has 0 spiro atoms. The van der Waals surface area contributed by atoms with Crippen molar-refractivity contribution in [1.29, 1.82) is 0 Å². The van der Waals surface area contributed by atoms with Gasteiger partial charge in [-0.2, -0.15) is 0 Å². The van der Waals surface area contributed by atoms with Crippen LogP contribution in [0.5, 0.6) is 5.75 Å². The molecule has 2 N–H and O–H groups in total. The number of phenols is 1. The van der Waals surface area contributed by atoms with Crippen LogP contribution < -0.4 is 0 Å². The van der Waals surface area contributed by atoms with Crippen molar-refractivity contribution < 1.29 is 10.2 Å². The van der Waals surface area contributed by atoms with Crippen LogP contribution >= 0.6 is 0 Å². The summed E-state index contributed by atoms with van der Waals surface area (Å²) in [7, 11) is 0. The average Bonchev–Trinajstić information content (AvgIpc) is 2.58. The van der Waals surface area contributed by atoms with Crippen LogP contribution in [0.25, 0.3) is 0 Å². The fourth-order valence-electron chi connectivity index (χ4n) is 2.74. The number of aliphatic hydroxyl groups excluding tert-OH is 1. The van der Waals surface area contributed by atoms with E-state index in [2.05, 4.69) is 0 Å². The zero-order valence-electron chi connectivity index (χ0n) is 12.1. The summed E-state index contributed by atoms with van der Waals surface area (Å²) in [5.74, 6) is 0.0500. The minimum atomic E-state index is -0.645. The van der Waals surface area contributed by atoms with Gasteiger partial charge in [-0.25, -0.2) is 0 Å². The van der Waals surface area contributed by atoms with Crippen molar-refractivity contribution in [2.24, 2.45) is 0 Å². The summed E-state index contributed by atoms with van der Waals surface area (Å²) in [5.41, 5.74) is 2.90. The minimum Gasteiger partial charge on any atom is -0.508 e. The van der Waals surface area contributed by atoms with E-state index in [1.165, 1.54) is 0 Å². The van der Waals surface area contributed by atoms with Crippen LogP contribution in [0.2, 0.25) is 0 Å². The average molecular weight is 290 g/mol. The number of aromatic hydroxyl groups is 1. The monoisotopic (exact) mass is 290 g/mol. The predicted molar refractivity (Wildman–Crippen MR) is 87.8 cm³/mol. The lowest BCUT2D eigenvalue weighted by molar-refractivity contribution is 0.159. The van der Waals surface area contributed by atoms with E-state index < -0.39 is 6.10 Å². The van der Waals surface area contributed by atoms with Crippen LogP contribution in [-0.4, -0.2) is 10.2 Å². The van der Waals surface area contributed by atoms with Gasteiger partial charge in [0.2, 0.25) is 0 Å². The number of benzene rings is 3. The van der Waals surface area contributed by atoms with Crippen molar-refractivity contribution in [2.45, 2.75) is 12.0 Å². The topological polar surface area (TPSA) is 40.5 Å². The zero-order valence-corrected chi connectivity index (χ0v) is 12.1. The second-order valence-electron chi connectivity index (χ2n) is 5.34. The molecule has 0 aliphatic heterocycles. The van der Waals surface area contributed by atoms with E-state index in [9.17, 15) is 10.2 Å². The number of hydrogen-bond acceptors (Lipinski definition) is 2. The van der Waals surface area contributed by atoms with Crippen LogP contribution in [0.15, 0.2) is 84.9 Å². The third kappa shape index (κ3) is 3.02. The minimum absolute atomic E-state index is 0.177. The van der Waals surface area contributed by atoms with E-state index in [0.29, 0.717) is 0 Å². The lowest BCUT2D eigenvalue weighted by Gasteiger charge is -2.24. The maximum Gasteiger partial charge on any atom is 0.115 e. The first-order valence-electron chi connectivity index (χ1n) is 7.32. The molecule has 0 heterocycles. The summed E-state index contributed by atoms with van der Waals surface area (Å²) < 4.78 is 0. The predicted octanol–water partition coefficient (Wildman–Crippen LogP) is 4.26.